The highest BCUT2D eigenvalue weighted by Crippen LogP contribution is 2.31. The lowest BCUT2D eigenvalue weighted by atomic mass is 10.1. The Hall–Kier alpha value is -2.20. The maximum atomic E-state index is 12.3. The molecule has 0 aliphatic carbocycles. The summed E-state index contributed by atoms with van der Waals surface area (Å²) in [6, 6.07) is 11.7. The van der Waals surface area contributed by atoms with Gasteiger partial charge < -0.3 is 0 Å². The lowest BCUT2D eigenvalue weighted by Crippen LogP contribution is -2.11. The Bertz CT molecular complexity index is 797. The van der Waals surface area contributed by atoms with Crippen LogP contribution in [0.1, 0.15) is 27.0 Å². The van der Waals surface area contributed by atoms with Gasteiger partial charge in [-0.05, 0) is 44.0 Å². The van der Waals surface area contributed by atoms with E-state index in [0.29, 0.717) is 10.7 Å². The van der Waals surface area contributed by atoms with Gasteiger partial charge in [-0.25, -0.2) is 4.98 Å². The smallest absolute Gasteiger partial charge is 0.257 e. The molecule has 0 atom stereocenters. The largest absolute Gasteiger partial charge is 0.298 e. The van der Waals surface area contributed by atoms with Gasteiger partial charge in [-0.2, -0.15) is 0 Å². The van der Waals surface area contributed by atoms with Gasteiger partial charge in [0.1, 0.15) is 0 Å². The fourth-order valence-electron chi connectivity index (χ4n) is 2.27. The van der Waals surface area contributed by atoms with Crippen molar-refractivity contribution in [3.63, 3.8) is 0 Å². The van der Waals surface area contributed by atoms with Gasteiger partial charge in [0.2, 0.25) is 0 Å². The Balaban J connectivity index is 1.93. The number of carbonyl (C=O) groups excluding carboxylic acids is 1. The molecule has 0 unspecified atom stereocenters. The van der Waals surface area contributed by atoms with E-state index in [-0.39, 0.29) is 5.91 Å². The van der Waals surface area contributed by atoms with Crippen molar-refractivity contribution in [3.05, 3.63) is 58.7 Å². The summed E-state index contributed by atoms with van der Waals surface area (Å²) in [5.41, 5.74) is 5.01. The molecule has 1 N–H and O–H groups in total. The predicted octanol–water partition coefficient (Wildman–Crippen LogP) is 4.47. The zero-order valence-corrected chi connectivity index (χ0v) is 13.0. The van der Waals surface area contributed by atoms with Gasteiger partial charge >= 0.3 is 0 Å². The quantitative estimate of drug-likeness (QED) is 0.758. The van der Waals surface area contributed by atoms with Crippen molar-refractivity contribution in [2.24, 2.45) is 0 Å². The number of hydrogen-bond acceptors (Lipinski definition) is 3. The van der Waals surface area contributed by atoms with Crippen LogP contribution >= 0.6 is 11.3 Å². The number of thiazole rings is 1. The number of amides is 1. The van der Waals surface area contributed by atoms with E-state index in [2.05, 4.69) is 29.4 Å². The minimum Gasteiger partial charge on any atom is -0.298 e. The van der Waals surface area contributed by atoms with E-state index in [1.807, 2.05) is 38.1 Å². The van der Waals surface area contributed by atoms with Gasteiger partial charge in [0.25, 0.3) is 5.91 Å². The molecule has 0 spiro atoms. The highest BCUT2D eigenvalue weighted by Gasteiger charge is 2.12. The topological polar surface area (TPSA) is 42.0 Å². The normalized spacial score (nSPS) is 10.8. The molecule has 3 aromatic rings. The standard InChI is InChI=1S/C17H16N2OS/c1-10-5-4-6-13(9-10)16(20)19-17-18-14-11(2)7-8-12(3)15(14)21-17/h4-9H,1-3H3,(H,18,19,20). The molecule has 1 aromatic heterocycles. The first-order valence-electron chi connectivity index (χ1n) is 6.79. The molecule has 0 aliphatic heterocycles. The molecule has 1 amide bonds. The summed E-state index contributed by atoms with van der Waals surface area (Å²) >= 11 is 1.52. The molecule has 106 valence electrons. The number of benzene rings is 2. The van der Waals surface area contributed by atoms with Crippen LogP contribution in [0, 0.1) is 20.8 Å². The molecule has 21 heavy (non-hydrogen) atoms. The molecule has 0 bridgehead atoms. The average molecular weight is 296 g/mol. The molecule has 0 fully saturated rings. The van der Waals surface area contributed by atoms with E-state index in [1.54, 1.807) is 0 Å². The molecule has 3 nitrogen and oxygen atoms in total. The Morgan fingerprint density at radius 3 is 2.57 bits per heavy atom. The minimum atomic E-state index is -0.118. The zero-order valence-electron chi connectivity index (χ0n) is 12.2. The summed E-state index contributed by atoms with van der Waals surface area (Å²) in [6.45, 7) is 6.07. The van der Waals surface area contributed by atoms with Crippen molar-refractivity contribution in [2.75, 3.05) is 5.32 Å². The summed E-state index contributed by atoms with van der Waals surface area (Å²) in [5.74, 6) is -0.118. The van der Waals surface area contributed by atoms with E-state index >= 15 is 0 Å². The summed E-state index contributed by atoms with van der Waals surface area (Å²) in [4.78, 5) is 16.8. The summed E-state index contributed by atoms with van der Waals surface area (Å²) in [5, 5.41) is 3.54. The van der Waals surface area contributed by atoms with Crippen LogP contribution in [-0.2, 0) is 0 Å². The number of rotatable bonds is 2. The Morgan fingerprint density at radius 1 is 1.10 bits per heavy atom. The maximum Gasteiger partial charge on any atom is 0.257 e. The second-order valence-corrected chi connectivity index (χ2v) is 6.22. The SMILES string of the molecule is Cc1cccc(C(=O)Nc2nc3c(C)ccc(C)c3s2)c1. The Labute approximate surface area is 127 Å². The number of fused-ring (bicyclic) bond motifs is 1. The summed E-state index contributed by atoms with van der Waals surface area (Å²) in [7, 11) is 0. The van der Waals surface area contributed by atoms with Crippen LogP contribution in [0.25, 0.3) is 10.2 Å². The first-order valence-corrected chi connectivity index (χ1v) is 7.61. The first-order chi connectivity index (χ1) is 10.0. The average Bonchev–Trinajstić information content (AvgIpc) is 2.88. The molecular formula is C17H16N2OS. The van der Waals surface area contributed by atoms with Gasteiger partial charge in [0.15, 0.2) is 5.13 Å². The molecule has 0 aliphatic rings. The van der Waals surface area contributed by atoms with Crippen molar-refractivity contribution in [1.29, 1.82) is 0 Å². The molecule has 1 heterocycles. The van der Waals surface area contributed by atoms with Crippen molar-refractivity contribution >= 4 is 32.6 Å². The van der Waals surface area contributed by atoms with Crippen molar-refractivity contribution < 1.29 is 4.79 Å². The van der Waals surface area contributed by atoms with E-state index in [0.717, 1.165) is 21.3 Å². The third kappa shape index (κ3) is 2.67. The number of anilines is 1. The second kappa shape index (κ2) is 5.30. The van der Waals surface area contributed by atoms with Gasteiger partial charge in [-0.3, -0.25) is 10.1 Å². The van der Waals surface area contributed by atoms with E-state index in [9.17, 15) is 4.79 Å². The van der Waals surface area contributed by atoms with Crippen LogP contribution in [-0.4, -0.2) is 10.9 Å². The van der Waals surface area contributed by atoms with E-state index in [1.165, 1.54) is 16.9 Å². The molecule has 3 rings (SSSR count). The molecular weight excluding hydrogens is 280 g/mol. The van der Waals surface area contributed by atoms with Crippen LogP contribution < -0.4 is 5.32 Å². The van der Waals surface area contributed by atoms with Crippen LogP contribution in [0.4, 0.5) is 5.13 Å². The van der Waals surface area contributed by atoms with Crippen molar-refractivity contribution in [3.8, 4) is 0 Å². The number of aryl methyl sites for hydroxylation is 3. The predicted molar refractivity (Wildman–Crippen MR) is 88.2 cm³/mol. The van der Waals surface area contributed by atoms with Crippen LogP contribution in [0.3, 0.4) is 0 Å². The molecule has 4 heteroatoms. The molecule has 0 saturated heterocycles. The van der Waals surface area contributed by atoms with E-state index < -0.39 is 0 Å². The van der Waals surface area contributed by atoms with Gasteiger partial charge in [-0.1, -0.05) is 41.2 Å². The Kier molecular flexibility index (Phi) is 3.47. The number of nitrogens with one attached hydrogen (secondary N) is 1. The monoisotopic (exact) mass is 296 g/mol. The lowest BCUT2D eigenvalue weighted by molar-refractivity contribution is 0.102. The third-order valence-corrected chi connectivity index (χ3v) is 4.55. The zero-order chi connectivity index (χ0) is 15.0. The number of nitrogens with zero attached hydrogens (tertiary/aromatic N) is 1. The molecule has 0 saturated carbocycles. The number of hydrogen-bond donors (Lipinski definition) is 1. The molecule has 2 aromatic carbocycles. The van der Waals surface area contributed by atoms with Crippen molar-refractivity contribution in [2.45, 2.75) is 20.8 Å². The van der Waals surface area contributed by atoms with E-state index in [4.69, 9.17) is 0 Å². The van der Waals surface area contributed by atoms with Crippen molar-refractivity contribution in [1.82, 2.24) is 4.98 Å². The summed E-state index contributed by atoms with van der Waals surface area (Å²) < 4.78 is 1.13. The number of carbonyl (C=O) groups is 1. The van der Waals surface area contributed by atoms with Gasteiger partial charge in [0, 0.05) is 5.56 Å². The fourth-order valence-corrected chi connectivity index (χ4v) is 3.27. The van der Waals surface area contributed by atoms with Gasteiger partial charge in [0.05, 0.1) is 10.2 Å². The minimum absolute atomic E-state index is 0.118. The Morgan fingerprint density at radius 2 is 1.86 bits per heavy atom. The maximum absolute atomic E-state index is 12.3. The fraction of sp³-hybridized carbons (Fsp3) is 0.176. The van der Waals surface area contributed by atoms with Gasteiger partial charge in [-0.15, -0.1) is 0 Å². The summed E-state index contributed by atoms with van der Waals surface area (Å²) in [6.07, 6.45) is 0. The highest BCUT2D eigenvalue weighted by atomic mass is 32.1. The van der Waals surface area contributed by atoms with Crippen LogP contribution in [0.15, 0.2) is 36.4 Å². The second-order valence-electron chi connectivity index (χ2n) is 5.22. The van der Waals surface area contributed by atoms with Crippen LogP contribution in [0.5, 0.6) is 0 Å². The first kappa shape index (κ1) is 13.8. The molecule has 0 radical (unpaired) electrons. The third-order valence-electron chi connectivity index (χ3n) is 3.44. The lowest BCUT2D eigenvalue weighted by Gasteiger charge is -2.02. The highest BCUT2D eigenvalue weighted by molar-refractivity contribution is 7.22. The van der Waals surface area contributed by atoms with Crippen LogP contribution in [0.2, 0.25) is 0 Å². The number of aromatic nitrogens is 1.